The fourth-order valence-electron chi connectivity index (χ4n) is 2.61. The minimum Gasteiger partial charge on any atom is -0.458 e. The summed E-state index contributed by atoms with van der Waals surface area (Å²) in [5.74, 6) is -2.80. The van der Waals surface area contributed by atoms with Gasteiger partial charge in [-0.15, -0.1) is 0 Å². The number of nitrogens with one attached hydrogen (secondary N) is 4. The molecule has 3 rings (SSSR count). The van der Waals surface area contributed by atoms with Crippen molar-refractivity contribution in [2.75, 3.05) is 10.6 Å². The quantitative estimate of drug-likeness (QED) is 0.260. The molecule has 0 spiro atoms. The SMILES string of the molecule is Cc1ccccc1NC(=O)C(=O)N/N=C/c1ccc(CNC(=O)C(=O)Nc2ccccc2)o1. The number of nitrogens with zero attached hydrogens (tertiary/aromatic N) is 1. The van der Waals surface area contributed by atoms with Crippen molar-refractivity contribution in [2.45, 2.75) is 13.5 Å². The monoisotopic (exact) mass is 447 g/mol. The number of hydrogen-bond acceptors (Lipinski definition) is 6. The van der Waals surface area contributed by atoms with Crippen molar-refractivity contribution in [1.82, 2.24) is 10.7 Å². The van der Waals surface area contributed by atoms with Gasteiger partial charge in [-0.2, -0.15) is 5.10 Å². The third-order valence-corrected chi connectivity index (χ3v) is 4.30. The second kappa shape index (κ2) is 11.0. The Morgan fingerprint density at radius 2 is 1.52 bits per heavy atom. The van der Waals surface area contributed by atoms with Gasteiger partial charge < -0.3 is 20.4 Å². The Balaban J connectivity index is 1.43. The number of furan rings is 1. The van der Waals surface area contributed by atoms with Crippen molar-refractivity contribution in [1.29, 1.82) is 0 Å². The van der Waals surface area contributed by atoms with Crippen LogP contribution in [0.1, 0.15) is 17.1 Å². The minimum absolute atomic E-state index is 0.0277. The van der Waals surface area contributed by atoms with Crippen LogP contribution in [-0.2, 0) is 25.7 Å². The number of aryl methyl sites for hydroxylation is 1. The van der Waals surface area contributed by atoms with Crippen molar-refractivity contribution >= 4 is 41.2 Å². The number of rotatable bonds is 6. The molecule has 0 fully saturated rings. The Hall–Kier alpha value is -4.73. The average molecular weight is 447 g/mol. The van der Waals surface area contributed by atoms with Gasteiger partial charge in [0.05, 0.1) is 12.8 Å². The van der Waals surface area contributed by atoms with Gasteiger partial charge in [-0.05, 0) is 42.8 Å². The molecule has 33 heavy (non-hydrogen) atoms. The summed E-state index contributed by atoms with van der Waals surface area (Å²) in [6, 6.07) is 18.7. The largest absolute Gasteiger partial charge is 0.458 e. The second-order valence-corrected chi connectivity index (χ2v) is 6.78. The summed E-state index contributed by atoms with van der Waals surface area (Å²) in [5.41, 5.74) is 3.95. The fraction of sp³-hybridized carbons (Fsp3) is 0.0870. The summed E-state index contributed by atoms with van der Waals surface area (Å²) in [5, 5.41) is 11.1. The van der Waals surface area contributed by atoms with Gasteiger partial charge in [0, 0.05) is 11.4 Å². The summed E-state index contributed by atoms with van der Waals surface area (Å²) >= 11 is 0. The maximum absolute atomic E-state index is 11.9. The molecule has 0 aliphatic rings. The zero-order chi connectivity index (χ0) is 23.6. The topological polar surface area (TPSA) is 142 Å². The van der Waals surface area contributed by atoms with Crippen LogP contribution in [0.25, 0.3) is 0 Å². The number of carbonyl (C=O) groups is 4. The van der Waals surface area contributed by atoms with Crippen LogP contribution < -0.4 is 21.4 Å². The first-order chi connectivity index (χ1) is 15.9. The van der Waals surface area contributed by atoms with Crippen LogP contribution in [-0.4, -0.2) is 29.8 Å². The van der Waals surface area contributed by atoms with Gasteiger partial charge in [0.15, 0.2) is 0 Å². The lowest BCUT2D eigenvalue weighted by atomic mass is 10.2. The van der Waals surface area contributed by atoms with Crippen LogP contribution in [0.4, 0.5) is 11.4 Å². The lowest BCUT2D eigenvalue weighted by Gasteiger charge is -2.06. The zero-order valence-corrected chi connectivity index (χ0v) is 17.6. The molecule has 0 saturated carbocycles. The molecular formula is C23H21N5O5. The third-order valence-electron chi connectivity index (χ3n) is 4.30. The van der Waals surface area contributed by atoms with Gasteiger partial charge in [-0.1, -0.05) is 36.4 Å². The molecule has 10 heteroatoms. The molecule has 0 aliphatic carbocycles. The molecule has 3 aromatic rings. The van der Waals surface area contributed by atoms with Crippen molar-refractivity contribution in [3.8, 4) is 0 Å². The van der Waals surface area contributed by atoms with Gasteiger partial charge in [0.2, 0.25) is 0 Å². The maximum atomic E-state index is 11.9. The molecule has 0 aliphatic heterocycles. The van der Waals surface area contributed by atoms with Crippen LogP contribution in [0.15, 0.2) is 76.2 Å². The number of hydrazone groups is 1. The molecule has 10 nitrogen and oxygen atoms in total. The normalized spacial score (nSPS) is 10.5. The Bertz CT molecular complexity index is 1190. The molecular weight excluding hydrogens is 426 g/mol. The van der Waals surface area contributed by atoms with Gasteiger partial charge in [-0.25, -0.2) is 5.43 Å². The highest BCUT2D eigenvalue weighted by Crippen LogP contribution is 2.12. The summed E-state index contributed by atoms with van der Waals surface area (Å²) in [6.45, 7) is 1.78. The van der Waals surface area contributed by atoms with Crippen molar-refractivity contribution < 1.29 is 23.6 Å². The van der Waals surface area contributed by atoms with E-state index in [1.165, 1.54) is 6.21 Å². The lowest BCUT2D eigenvalue weighted by molar-refractivity contribution is -0.136. The van der Waals surface area contributed by atoms with E-state index in [0.29, 0.717) is 17.1 Å². The van der Waals surface area contributed by atoms with Gasteiger partial charge in [0.1, 0.15) is 11.5 Å². The number of anilines is 2. The Morgan fingerprint density at radius 1 is 0.818 bits per heavy atom. The Kier molecular flexibility index (Phi) is 7.68. The molecule has 4 N–H and O–H groups in total. The minimum atomic E-state index is -0.946. The Morgan fingerprint density at radius 3 is 2.27 bits per heavy atom. The third kappa shape index (κ3) is 6.89. The zero-order valence-electron chi connectivity index (χ0n) is 17.6. The van der Waals surface area contributed by atoms with Gasteiger partial charge >= 0.3 is 23.6 Å². The van der Waals surface area contributed by atoms with E-state index in [1.54, 1.807) is 67.6 Å². The maximum Gasteiger partial charge on any atom is 0.329 e. The first kappa shape index (κ1) is 22.9. The summed E-state index contributed by atoms with van der Waals surface area (Å²) in [7, 11) is 0. The van der Waals surface area contributed by atoms with E-state index in [-0.39, 0.29) is 12.3 Å². The summed E-state index contributed by atoms with van der Waals surface area (Å²) in [4.78, 5) is 47.6. The van der Waals surface area contributed by atoms with E-state index in [4.69, 9.17) is 4.42 Å². The standard InChI is InChI=1S/C23H21N5O5/c1-15-7-5-6-10-19(15)27-22(31)23(32)28-25-14-18-12-11-17(33-18)13-24-20(29)21(30)26-16-8-3-2-4-9-16/h2-12,14H,13H2,1H3,(H,24,29)(H,26,30)(H,27,31)(H,28,32)/b25-14+. The Labute approximate surface area is 189 Å². The molecule has 0 atom stereocenters. The van der Waals surface area contributed by atoms with E-state index in [9.17, 15) is 19.2 Å². The first-order valence-electron chi connectivity index (χ1n) is 9.85. The number of benzene rings is 2. The molecule has 2 aromatic carbocycles. The van der Waals surface area contributed by atoms with Gasteiger partial charge in [-0.3, -0.25) is 19.2 Å². The van der Waals surface area contributed by atoms with Gasteiger partial charge in [0.25, 0.3) is 0 Å². The van der Waals surface area contributed by atoms with Crippen LogP contribution in [0, 0.1) is 6.92 Å². The first-order valence-corrected chi connectivity index (χ1v) is 9.85. The highest BCUT2D eigenvalue weighted by atomic mass is 16.3. The number of amides is 4. The average Bonchev–Trinajstić information content (AvgIpc) is 3.27. The van der Waals surface area contributed by atoms with Crippen LogP contribution in [0.5, 0.6) is 0 Å². The highest BCUT2D eigenvalue weighted by molar-refractivity contribution is 6.40. The summed E-state index contributed by atoms with van der Waals surface area (Å²) < 4.78 is 5.44. The molecule has 0 unspecified atom stereocenters. The van der Waals surface area contributed by atoms with E-state index in [2.05, 4.69) is 26.5 Å². The van der Waals surface area contributed by atoms with Crippen molar-refractivity contribution in [3.63, 3.8) is 0 Å². The van der Waals surface area contributed by atoms with E-state index in [0.717, 1.165) is 5.56 Å². The van der Waals surface area contributed by atoms with E-state index < -0.39 is 23.6 Å². The molecule has 0 radical (unpaired) electrons. The van der Waals surface area contributed by atoms with Crippen molar-refractivity contribution in [3.05, 3.63) is 83.8 Å². The second-order valence-electron chi connectivity index (χ2n) is 6.78. The molecule has 1 aromatic heterocycles. The smallest absolute Gasteiger partial charge is 0.329 e. The van der Waals surface area contributed by atoms with Crippen LogP contribution in [0.2, 0.25) is 0 Å². The molecule has 168 valence electrons. The van der Waals surface area contributed by atoms with E-state index >= 15 is 0 Å². The molecule has 0 saturated heterocycles. The number of carbonyl (C=O) groups excluding carboxylic acids is 4. The predicted octanol–water partition coefficient (Wildman–Crippen LogP) is 1.93. The summed E-state index contributed by atoms with van der Waals surface area (Å²) in [6.07, 6.45) is 1.20. The lowest BCUT2D eigenvalue weighted by Crippen LogP contribution is -2.34. The number of para-hydroxylation sites is 2. The van der Waals surface area contributed by atoms with E-state index in [1.807, 2.05) is 6.07 Å². The molecule has 0 bridgehead atoms. The molecule has 1 heterocycles. The fourth-order valence-corrected chi connectivity index (χ4v) is 2.61. The van der Waals surface area contributed by atoms with Crippen LogP contribution >= 0.6 is 0 Å². The van der Waals surface area contributed by atoms with Crippen molar-refractivity contribution in [2.24, 2.45) is 5.10 Å². The number of hydrogen-bond donors (Lipinski definition) is 4. The predicted molar refractivity (Wildman–Crippen MR) is 121 cm³/mol. The molecule has 4 amide bonds. The van der Waals surface area contributed by atoms with Crippen LogP contribution in [0.3, 0.4) is 0 Å². The highest BCUT2D eigenvalue weighted by Gasteiger charge is 2.15.